The van der Waals surface area contributed by atoms with E-state index in [1.807, 2.05) is 24.3 Å². The zero-order valence-corrected chi connectivity index (χ0v) is 9.54. The van der Waals surface area contributed by atoms with Crippen LogP contribution in [0.4, 0.5) is 0 Å². The van der Waals surface area contributed by atoms with Gasteiger partial charge in [0.15, 0.2) is 0 Å². The average Bonchev–Trinajstić information content (AvgIpc) is 2.23. The molecule has 0 aliphatic heterocycles. The van der Waals surface area contributed by atoms with Gasteiger partial charge in [-0.3, -0.25) is 0 Å². The number of benzene rings is 1. The van der Waals surface area contributed by atoms with Crippen LogP contribution < -0.4 is 4.74 Å². The number of rotatable bonds is 7. The summed E-state index contributed by atoms with van der Waals surface area (Å²) < 4.78 is 5.52. The summed E-state index contributed by atoms with van der Waals surface area (Å²) in [6.45, 7) is 1.00. The SMILES string of the molecule is OCCCCCCOc1cccc(Cl)c1. The molecular formula is C12H17ClO2. The summed E-state index contributed by atoms with van der Waals surface area (Å²) in [7, 11) is 0. The number of hydrogen-bond donors (Lipinski definition) is 1. The Bertz CT molecular complexity index is 276. The normalized spacial score (nSPS) is 10.3. The molecule has 1 aromatic rings. The van der Waals surface area contributed by atoms with E-state index in [2.05, 4.69) is 0 Å². The smallest absolute Gasteiger partial charge is 0.120 e. The van der Waals surface area contributed by atoms with Crippen LogP contribution in [-0.4, -0.2) is 18.3 Å². The van der Waals surface area contributed by atoms with Crippen molar-refractivity contribution in [3.63, 3.8) is 0 Å². The molecule has 0 heterocycles. The molecule has 1 N–H and O–H groups in total. The van der Waals surface area contributed by atoms with E-state index in [0.717, 1.165) is 31.4 Å². The van der Waals surface area contributed by atoms with Crippen LogP contribution in [0, 0.1) is 0 Å². The Morgan fingerprint density at radius 1 is 1.13 bits per heavy atom. The predicted molar refractivity (Wildman–Crippen MR) is 62.5 cm³/mol. The molecule has 0 saturated heterocycles. The third-order valence-corrected chi connectivity index (χ3v) is 2.35. The highest BCUT2D eigenvalue weighted by molar-refractivity contribution is 6.30. The van der Waals surface area contributed by atoms with Crippen LogP contribution in [0.2, 0.25) is 5.02 Å². The Hall–Kier alpha value is -0.730. The Labute approximate surface area is 95.8 Å². The van der Waals surface area contributed by atoms with E-state index in [0.29, 0.717) is 11.6 Å². The fraction of sp³-hybridized carbons (Fsp3) is 0.500. The minimum absolute atomic E-state index is 0.287. The summed E-state index contributed by atoms with van der Waals surface area (Å²) in [4.78, 5) is 0. The molecule has 3 heteroatoms. The van der Waals surface area contributed by atoms with Gasteiger partial charge in [0.2, 0.25) is 0 Å². The minimum atomic E-state index is 0.287. The first-order valence-electron chi connectivity index (χ1n) is 5.32. The lowest BCUT2D eigenvalue weighted by molar-refractivity contribution is 0.273. The fourth-order valence-electron chi connectivity index (χ4n) is 1.31. The van der Waals surface area contributed by atoms with Crippen molar-refractivity contribution < 1.29 is 9.84 Å². The molecule has 1 aromatic carbocycles. The van der Waals surface area contributed by atoms with E-state index < -0.39 is 0 Å². The van der Waals surface area contributed by atoms with Crippen molar-refractivity contribution in [3.8, 4) is 5.75 Å². The van der Waals surface area contributed by atoms with Crippen LogP contribution in [-0.2, 0) is 0 Å². The van der Waals surface area contributed by atoms with E-state index in [-0.39, 0.29) is 6.61 Å². The zero-order chi connectivity index (χ0) is 10.9. The second-order valence-electron chi connectivity index (χ2n) is 3.44. The van der Waals surface area contributed by atoms with Crippen molar-refractivity contribution in [1.29, 1.82) is 0 Å². The second-order valence-corrected chi connectivity index (χ2v) is 3.88. The van der Waals surface area contributed by atoms with E-state index in [1.54, 1.807) is 0 Å². The molecule has 0 saturated carbocycles. The number of hydrogen-bond acceptors (Lipinski definition) is 2. The minimum Gasteiger partial charge on any atom is -0.494 e. The summed E-state index contributed by atoms with van der Waals surface area (Å²) >= 11 is 5.82. The average molecular weight is 229 g/mol. The van der Waals surface area contributed by atoms with Gasteiger partial charge < -0.3 is 9.84 Å². The van der Waals surface area contributed by atoms with Crippen LogP contribution in [0.3, 0.4) is 0 Å². The van der Waals surface area contributed by atoms with Gasteiger partial charge in [-0.1, -0.05) is 24.1 Å². The Morgan fingerprint density at radius 3 is 2.67 bits per heavy atom. The maximum atomic E-state index is 8.59. The van der Waals surface area contributed by atoms with Gasteiger partial charge in [0.25, 0.3) is 0 Å². The van der Waals surface area contributed by atoms with Crippen LogP contribution in [0.15, 0.2) is 24.3 Å². The molecule has 0 aromatic heterocycles. The highest BCUT2D eigenvalue weighted by Crippen LogP contribution is 2.17. The molecular weight excluding hydrogens is 212 g/mol. The van der Waals surface area contributed by atoms with E-state index in [1.165, 1.54) is 0 Å². The van der Waals surface area contributed by atoms with E-state index in [4.69, 9.17) is 21.4 Å². The first-order chi connectivity index (χ1) is 7.33. The molecule has 0 unspecified atom stereocenters. The molecule has 0 aliphatic carbocycles. The second kappa shape index (κ2) is 7.55. The molecule has 1 rings (SSSR count). The highest BCUT2D eigenvalue weighted by atomic mass is 35.5. The van der Waals surface area contributed by atoms with E-state index in [9.17, 15) is 0 Å². The summed E-state index contributed by atoms with van der Waals surface area (Å²) in [6.07, 6.45) is 4.07. The molecule has 0 atom stereocenters. The molecule has 0 amide bonds. The lowest BCUT2D eigenvalue weighted by atomic mass is 10.2. The van der Waals surface area contributed by atoms with Crippen molar-refractivity contribution in [1.82, 2.24) is 0 Å². The molecule has 0 spiro atoms. The molecule has 2 nitrogen and oxygen atoms in total. The molecule has 0 radical (unpaired) electrons. The first kappa shape index (κ1) is 12.3. The standard InChI is InChI=1S/C12H17ClO2/c13-11-6-5-7-12(10-11)15-9-4-2-1-3-8-14/h5-7,10,14H,1-4,8-9H2. The Morgan fingerprint density at radius 2 is 1.93 bits per heavy atom. The molecule has 0 aliphatic rings. The largest absolute Gasteiger partial charge is 0.494 e. The van der Waals surface area contributed by atoms with Crippen molar-refractivity contribution in [2.75, 3.05) is 13.2 Å². The predicted octanol–water partition coefficient (Wildman–Crippen LogP) is 3.27. The van der Waals surface area contributed by atoms with Gasteiger partial charge in [0.1, 0.15) is 5.75 Å². The van der Waals surface area contributed by atoms with Gasteiger partial charge in [0, 0.05) is 11.6 Å². The van der Waals surface area contributed by atoms with Crippen LogP contribution in [0.25, 0.3) is 0 Å². The Kier molecular flexibility index (Phi) is 6.21. The quantitative estimate of drug-likeness (QED) is 0.726. The maximum Gasteiger partial charge on any atom is 0.120 e. The lowest BCUT2D eigenvalue weighted by Gasteiger charge is -2.05. The Balaban J connectivity index is 2.10. The summed E-state index contributed by atoms with van der Waals surface area (Å²) in [5.74, 6) is 0.824. The number of aliphatic hydroxyl groups excluding tert-OH is 1. The van der Waals surface area contributed by atoms with Crippen molar-refractivity contribution in [2.24, 2.45) is 0 Å². The summed E-state index contributed by atoms with van der Waals surface area (Å²) in [5, 5.41) is 9.29. The number of aliphatic hydroxyl groups is 1. The zero-order valence-electron chi connectivity index (χ0n) is 8.79. The first-order valence-corrected chi connectivity index (χ1v) is 5.70. The lowest BCUT2D eigenvalue weighted by Crippen LogP contribution is -1.97. The van der Waals surface area contributed by atoms with Crippen LogP contribution >= 0.6 is 11.6 Å². The van der Waals surface area contributed by atoms with Crippen molar-refractivity contribution in [2.45, 2.75) is 25.7 Å². The topological polar surface area (TPSA) is 29.5 Å². The van der Waals surface area contributed by atoms with Gasteiger partial charge >= 0.3 is 0 Å². The fourth-order valence-corrected chi connectivity index (χ4v) is 1.49. The molecule has 0 bridgehead atoms. The third kappa shape index (κ3) is 5.65. The maximum absolute atomic E-state index is 8.59. The molecule has 15 heavy (non-hydrogen) atoms. The van der Waals surface area contributed by atoms with Gasteiger partial charge in [-0.25, -0.2) is 0 Å². The third-order valence-electron chi connectivity index (χ3n) is 2.12. The number of ether oxygens (including phenoxy) is 1. The van der Waals surface area contributed by atoms with Gasteiger partial charge in [-0.15, -0.1) is 0 Å². The van der Waals surface area contributed by atoms with Gasteiger partial charge in [-0.2, -0.15) is 0 Å². The number of halogens is 1. The molecule has 84 valence electrons. The van der Waals surface area contributed by atoms with Crippen LogP contribution in [0.5, 0.6) is 5.75 Å². The van der Waals surface area contributed by atoms with Crippen molar-refractivity contribution in [3.05, 3.63) is 29.3 Å². The summed E-state index contributed by atoms with van der Waals surface area (Å²) in [6, 6.07) is 7.42. The highest BCUT2D eigenvalue weighted by Gasteiger charge is 1.94. The summed E-state index contributed by atoms with van der Waals surface area (Å²) in [5.41, 5.74) is 0. The van der Waals surface area contributed by atoms with Crippen molar-refractivity contribution >= 4 is 11.6 Å². The van der Waals surface area contributed by atoms with Gasteiger partial charge in [0.05, 0.1) is 6.61 Å². The monoisotopic (exact) mass is 228 g/mol. The number of unbranched alkanes of at least 4 members (excludes halogenated alkanes) is 3. The van der Waals surface area contributed by atoms with E-state index >= 15 is 0 Å². The van der Waals surface area contributed by atoms with Crippen LogP contribution in [0.1, 0.15) is 25.7 Å². The molecule has 0 fully saturated rings. The van der Waals surface area contributed by atoms with Gasteiger partial charge in [-0.05, 0) is 37.5 Å².